The number of carbonyl (C=O) groups excluding carboxylic acids is 1. The van der Waals surface area contributed by atoms with Crippen LogP contribution < -0.4 is 15.1 Å². The quantitative estimate of drug-likeness (QED) is 0.322. The van der Waals surface area contributed by atoms with E-state index in [9.17, 15) is 18.0 Å². The molecule has 1 N–H and O–H groups in total. The largest absolute Gasteiger partial charge is 0.417 e. The highest BCUT2D eigenvalue weighted by Gasteiger charge is 2.36. The van der Waals surface area contributed by atoms with E-state index < -0.39 is 34.2 Å². The Morgan fingerprint density at radius 3 is 2.26 bits per heavy atom. The summed E-state index contributed by atoms with van der Waals surface area (Å²) in [6.07, 6.45) is -1.11. The number of carbonyl (C=O) groups is 1. The van der Waals surface area contributed by atoms with Gasteiger partial charge >= 0.3 is 6.18 Å². The predicted octanol–water partition coefficient (Wildman–Crippen LogP) is 4.97. The molecule has 2 atom stereocenters. The molecular formula is C28H30ClF4N7O2. The monoisotopic (exact) mass is 607 g/mol. The smallest absolute Gasteiger partial charge is 0.378 e. The second kappa shape index (κ2) is 12.0. The maximum absolute atomic E-state index is 15.7. The number of pyridine rings is 1. The molecule has 224 valence electrons. The summed E-state index contributed by atoms with van der Waals surface area (Å²) in [7, 11) is 1.99. The van der Waals surface area contributed by atoms with Gasteiger partial charge in [0.05, 0.1) is 35.7 Å². The minimum Gasteiger partial charge on any atom is -0.378 e. The summed E-state index contributed by atoms with van der Waals surface area (Å²) in [4.78, 5) is 31.8. The molecule has 14 heteroatoms. The van der Waals surface area contributed by atoms with E-state index in [0.29, 0.717) is 62.7 Å². The van der Waals surface area contributed by atoms with Crippen LogP contribution in [-0.2, 0) is 10.9 Å². The molecule has 1 aromatic carbocycles. The van der Waals surface area contributed by atoms with Crippen LogP contribution in [0.3, 0.4) is 0 Å². The van der Waals surface area contributed by atoms with E-state index in [-0.39, 0.29) is 23.3 Å². The number of alkyl halides is 3. The lowest BCUT2D eigenvalue weighted by Crippen LogP contribution is -2.55. The van der Waals surface area contributed by atoms with Crippen molar-refractivity contribution in [3.05, 3.63) is 58.9 Å². The molecule has 1 amide bonds. The molecule has 0 spiro atoms. The predicted molar refractivity (Wildman–Crippen MR) is 152 cm³/mol. The van der Waals surface area contributed by atoms with Crippen molar-refractivity contribution in [1.82, 2.24) is 19.9 Å². The zero-order valence-electron chi connectivity index (χ0n) is 23.3. The number of hydrogen-bond acceptors (Lipinski definition) is 8. The Labute approximate surface area is 245 Å². The van der Waals surface area contributed by atoms with Gasteiger partial charge in [0, 0.05) is 68.0 Å². The van der Waals surface area contributed by atoms with Gasteiger partial charge in [-0.05, 0) is 39.1 Å². The van der Waals surface area contributed by atoms with E-state index in [1.807, 2.05) is 30.7 Å². The Balaban J connectivity index is 1.54. The molecule has 9 nitrogen and oxygen atoms in total. The number of aromatic nitrogens is 3. The highest BCUT2D eigenvalue weighted by molar-refractivity contribution is 6.29. The number of anilines is 3. The Morgan fingerprint density at radius 1 is 1.00 bits per heavy atom. The second-order valence-corrected chi connectivity index (χ2v) is 10.9. The third kappa shape index (κ3) is 6.27. The molecule has 4 heterocycles. The first-order valence-corrected chi connectivity index (χ1v) is 13.8. The molecular weight excluding hydrogens is 578 g/mol. The fraction of sp³-hybridized carbons (Fsp3) is 0.429. The lowest BCUT2D eigenvalue weighted by molar-refractivity contribution is -0.137. The van der Waals surface area contributed by atoms with E-state index in [1.165, 1.54) is 24.5 Å². The minimum atomic E-state index is -4.85. The number of amides is 1. The maximum Gasteiger partial charge on any atom is 0.417 e. The zero-order valence-corrected chi connectivity index (χ0v) is 24.0. The van der Waals surface area contributed by atoms with Gasteiger partial charge in [-0.3, -0.25) is 9.69 Å². The van der Waals surface area contributed by atoms with Crippen LogP contribution in [0.5, 0.6) is 0 Å². The number of likely N-dealkylation sites (N-methyl/N-ethyl adjacent to an activating group) is 1. The van der Waals surface area contributed by atoms with Crippen molar-refractivity contribution < 1.29 is 27.1 Å². The molecule has 2 saturated heterocycles. The van der Waals surface area contributed by atoms with Crippen molar-refractivity contribution in [3.63, 3.8) is 0 Å². The molecule has 5 rings (SSSR count). The number of halogens is 5. The first kappa shape index (κ1) is 29.9. The average molecular weight is 608 g/mol. The number of nitrogens with one attached hydrogen (secondary N) is 1. The van der Waals surface area contributed by atoms with Gasteiger partial charge in [-0.1, -0.05) is 11.6 Å². The van der Waals surface area contributed by atoms with E-state index in [0.717, 1.165) is 6.20 Å². The maximum atomic E-state index is 15.7. The second-order valence-electron chi connectivity index (χ2n) is 10.5. The van der Waals surface area contributed by atoms with Crippen LogP contribution in [0.15, 0.2) is 36.8 Å². The van der Waals surface area contributed by atoms with Gasteiger partial charge in [-0.2, -0.15) is 13.2 Å². The number of nitrogens with zero attached hydrogens (tertiary/aromatic N) is 6. The van der Waals surface area contributed by atoms with Crippen LogP contribution in [0, 0.1) is 5.82 Å². The van der Waals surface area contributed by atoms with Crippen LogP contribution in [0.2, 0.25) is 5.15 Å². The van der Waals surface area contributed by atoms with Gasteiger partial charge in [0.1, 0.15) is 11.0 Å². The third-order valence-corrected chi connectivity index (χ3v) is 7.90. The fourth-order valence-electron chi connectivity index (χ4n) is 5.17. The van der Waals surface area contributed by atoms with E-state index >= 15 is 4.39 Å². The molecule has 2 aliphatic rings. The van der Waals surface area contributed by atoms with E-state index in [4.69, 9.17) is 16.3 Å². The minimum absolute atomic E-state index is 0.0862. The van der Waals surface area contributed by atoms with Crippen molar-refractivity contribution in [2.75, 3.05) is 61.6 Å². The number of hydrogen-bond donors (Lipinski definition) is 1. The highest BCUT2D eigenvalue weighted by Crippen LogP contribution is 2.38. The summed E-state index contributed by atoms with van der Waals surface area (Å²) in [6.45, 7) is 7.41. The lowest BCUT2D eigenvalue weighted by Gasteiger charge is -2.44. The summed E-state index contributed by atoms with van der Waals surface area (Å²) in [5.41, 5.74) is -1.02. The molecule has 2 aromatic heterocycles. The Bertz CT molecular complexity index is 1440. The summed E-state index contributed by atoms with van der Waals surface area (Å²) in [6, 6.07) is 3.48. The molecule has 0 bridgehead atoms. The summed E-state index contributed by atoms with van der Waals surface area (Å²) in [5.74, 6) is -1.17. The molecule has 2 aliphatic heterocycles. The topological polar surface area (TPSA) is 86.7 Å². The van der Waals surface area contributed by atoms with Crippen molar-refractivity contribution >= 4 is 34.8 Å². The summed E-state index contributed by atoms with van der Waals surface area (Å²) < 4.78 is 62.4. The summed E-state index contributed by atoms with van der Waals surface area (Å²) in [5, 5.41) is 2.19. The Morgan fingerprint density at radius 2 is 1.64 bits per heavy atom. The van der Waals surface area contributed by atoms with Crippen molar-refractivity contribution in [1.29, 1.82) is 0 Å². The zero-order chi connectivity index (χ0) is 30.2. The number of ether oxygens (including phenoxy) is 1. The molecule has 0 unspecified atom stereocenters. The number of benzene rings is 1. The fourth-order valence-corrected chi connectivity index (χ4v) is 5.33. The van der Waals surface area contributed by atoms with Gasteiger partial charge in [0.15, 0.2) is 0 Å². The SMILES string of the molecule is C[C@@H]1CN(c2cc(F)c(-c3cnc(N4CCOCC4)nc3)cc2NC(=O)c2cnc(Cl)cc2C(F)(F)F)C[C@H](C)N1C. The summed E-state index contributed by atoms with van der Waals surface area (Å²) >= 11 is 5.70. The lowest BCUT2D eigenvalue weighted by atomic mass is 10.0. The Hall–Kier alpha value is -3.55. The molecule has 3 aromatic rings. The normalized spacial score (nSPS) is 20.1. The van der Waals surface area contributed by atoms with Crippen LogP contribution >= 0.6 is 11.6 Å². The number of morpholine rings is 1. The van der Waals surface area contributed by atoms with Gasteiger partial charge in [0.25, 0.3) is 5.91 Å². The number of rotatable bonds is 5. The van der Waals surface area contributed by atoms with Gasteiger partial charge < -0.3 is 19.9 Å². The first-order valence-electron chi connectivity index (χ1n) is 13.4. The van der Waals surface area contributed by atoms with Crippen LogP contribution in [0.25, 0.3) is 11.1 Å². The average Bonchev–Trinajstić information content (AvgIpc) is 2.96. The molecule has 0 radical (unpaired) electrons. The van der Waals surface area contributed by atoms with E-state index in [1.54, 1.807) is 0 Å². The van der Waals surface area contributed by atoms with Crippen molar-refractivity contribution in [2.45, 2.75) is 32.1 Å². The van der Waals surface area contributed by atoms with Crippen molar-refractivity contribution in [2.24, 2.45) is 0 Å². The van der Waals surface area contributed by atoms with Crippen LogP contribution in [0.4, 0.5) is 34.9 Å². The van der Waals surface area contributed by atoms with Crippen LogP contribution in [0.1, 0.15) is 29.8 Å². The number of piperazine rings is 1. The third-order valence-electron chi connectivity index (χ3n) is 7.70. The Kier molecular flexibility index (Phi) is 8.53. The standard InChI is InChI=1S/C28H30ClF4N7O2/c1-16-14-40(15-17(2)38(16)3)24-10-22(30)19(18-11-35-27(36-12-18)39-4-6-42-7-5-39)8-23(24)37-26(41)20-13-34-25(29)9-21(20)28(31,32)33/h8-13,16-17H,4-7,14-15H2,1-3H3,(H,37,41)/t16-,17+. The molecule has 2 fully saturated rings. The van der Waals surface area contributed by atoms with E-state index in [2.05, 4.69) is 25.2 Å². The van der Waals surface area contributed by atoms with Gasteiger partial charge in [-0.15, -0.1) is 0 Å². The first-order chi connectivity index (χ1) is 19.9. The highest BCUT2D eigenvalue weighted by atomic mass is 35.5. The molecule has 42 heavy (non-hydrogen) atoms. The van der Waals surface area contributed by atoms with Gasteiger partial charge in [-0.25, -0.2) is 19.3 Å². The van der Waals surface area contributed by atoms with Gasteiger partial charge in [0.2, 0.25) is 5.95 Å². The van der Waals surface area contributed by atoms with Crippen molar-refractivity contribution in [3.8, 4) is 11.1 Å². The molecule has 0 aliphatic carbocycles. The van der Waals surface area contributed by atoms with Crippen LogP contribution in [-0.4, -0.2) is 84.3 Å². The molecule has 0 saturated carbocycles.